The van der Waals surface area contributed by atoms with Crippen LogP contribution in [0.3, 0.4) is 0 Å². The van der Waals surface area contributed by atoms with Crippen molar-refractivity contribution in [3.05, 3.63) is 46.9 Å². The van der Waals surface area contributed by atoms with Crippen molar-refractivity contribution in [3.63, 3.8) is 0 Å². The van der Waals surface area contributed by atoms with Gasteiger partial charge >= 0.3 is 0 Å². The number of amides is 2. The second kappa shape index (κ2) is 9.14. The highest BCUT2D eigenvalue weighted by molar-refractivity contribution is 5.97. The van der Waals surface area contributed by atoms with Crippen molar-refractivity contribution in [1.82, 2.24) is 19.8 Å². The maximum absolute atomic E-state index is 13.1. The SMILES string of the molecule is CNc1cc(C2CC(=O)N(C)C2)nc(C2CCN(C(=O)c3cccc(C)c3OC)CC2)n1. The van der Waals surface area contributed by atoms with Gasteiger partial charge in [-0.2, -0.15) is 0 Å². The van der Waals surface area contributed by atoms with E-state index in [-0.39, 0.29) is 23.7 Å². The van der Waals surface area contributed by atoms with Gasteiger partial charge in [0.05, 0.1) is 18.4 Å². The first kappa shape index (κ1) is 22.0. The maximum Gasteiger partial charge on any atom is 0.257 e. The average Bonchev–Trinajstić information content (AvgIpc) is 3.16. The minimum atomic E-state index is 0.00193. The Morgan fingerprint density at radius 2 is 1.94 bits per heavy atom. The Morgan fingerprint density at radius 3 is 2.56 bits per heavy atom. The fourth-order valence-corrected chi connectivity index (χ4v) is 4.67. The topological polar surface area (TPSA) is 87.7 Å². The lowest BCUT2D eigenvalue weighted by atomic mass is 9.94. The second-order valence-corrected chi connectivity index (χ2v) is 8.68. The third-order valence-corrected chi connectivity index (χ3v) is 6.57. The van der Waals surface area contributed by atoms with E-state index in [1.54, 1.807) is 12.0 Å². The number of carbonyl (C=O) groups excluding carboxylic acids is 2. The number of likely N-dealkylation sites (tertiary alicyclic amines) is 2. The van der Waals surface area contributed by atoms with Gasteiger partial charge in [-0.15, -0.1) is 0 Å². The van der Waals surface area contributed by atoms with Crippen molar-refractivity contribution in [2.75, 3.05) is 46.2 Å². The molecule has 2 aromatic rings. The number of nitrogens with zero attached hydrogens (tertiary/aromatic N) is 4. The molecule has 0 saturated carbocycles. The summed E-state index contributed by atoms with van der Waals surface area (Å²) in [5.41, 5.74) is 2.48. The Labute approximate surface area is 189 Å². The molecule has 1 N–H and O–H groups in total. The lowest BCUT2D eigenvalue weighted by Gasteiger charge is -2.32. The molecule has 2 aliphatic rings. The summed E-state index contributed by atoms with van der Waals surface area (Å²) in [5.74, 6) is 2.65. The van der Waals surface area contributed by atoms with Gasteiger partial charge < -0.3 is 19.9 Å². The quantitative estimate of drug-likeness (QED) is 0.774. The van der Waals surface area contributed by atoms with Crippen LogP contribution in [0.1, 0.15) is 58.5 Å². The fraction of sp³-hybridized carbons (Fsp3) is 0.500. The van der Waals surface area contributed by atoms with E-state index >= 15 is 0 Å². The summed E-state index contributed by atoms with van der Waals surface area (Å²) >= 11 is 0. The second-order valence-electron chi connectivity index (χ2n) is 8.68. The Balaban J connectivity index is 1.48. The zero-order valence-corrected chi connectivity index (χ0v) is 19.2. The van der Waals surface area contributed by atoms with Gasteiger partial charge in [0.15, 0.2) is 0 Å². The van der Waals surface area contributed by atoms with Crippen LogP contribution >= 0.6 is 0 Å². The van der Waals surface area contributed by atoms with E-state index in [0.29, 0.717) is 37.4 Å². The highest BCUT2D eigenvalue weighted by atomic mass is 16.5. The number of anilines is 1. The Hall–Kier alpha value is -3.16. The zero-order valence-electron chi connectivity index (χ0n) is 19.2. The molecule has 0 spiro atoms. The first-order chi connectivity index (χ1) is 15.4. The predicted octanol–water partition coefficient (Wildman–Crippen LogP) is 2.80. The highest BCUT2D eigenvalue weighted by Crippen LogP contribution is 2.32. The van der Waals surface area contributed by atoms with Crippen LogP contribution in [0.15, 0.2) is 24.3 Å². The average molecular weight is 438 g/mol. The van der Waals surface area contributed by atoms with E-state index in [9.17, 15) is 9.59 Å². The van der Waals surface area contributed by atoms with Crippen LogP contribution in [-0.2, 0) is 4.79 Å². The molecule has 4 rings (SSSR count). The maximum atomic E-state index is 13.1. The van der Waals surface area contributed by atoms with E-state index < -0.39 is 0 Å². The van der Waals surface area contributed by atoms with Gasteiger partial charge in [0.2, 0.25) is 5.91 Å². The predicted molar refractivity (Wildman–Crippen MR) is 122 cm³/mol. The number of ether oxygens (including phenoxy) is 1. The van der Waals surface area contributed by atoms with E-state index in [2.05, 4.69) is 5.32 Å². The van der Waals surface area contributed by atoms with Gasteiger partial charge in [-0.05, 0) is 31.4 Å². The number of hydrogen-bond donors (Lipinski definition) is 1. The first-order valence-electron chi connectivity index (χ1n) is 11.1. The summed E-state index contributed by atoms with van der Waals surface area (Å²) < 4.78 is 5.48. The summed E-state index contributed by atoms with van der Waals surface area (Å²) in [6, 6.07) is 7.61. The molecule has 8 nitrogen and oxygen atoms in total. The Kier molecular flexibility index (Phi) is 6.30. The van der Waals surface area contributed by atoms with Crippen LogP contribution in [0, 0.1) is 6.92 Å². The summed E-state index contributed by atoms with van der Waals surface area (Å²) in [6.45, 7) is 3.92. The third-order valence-electron chi connectivity index (χ3n) is 6.57. The molecule has 0 bridgehead atoms. The Morgan fingerprint density at radius 1 is 1.19 bits per heavy atom. The number of hydrogen-bond acceptors (Lipinski definition) is 6. The van der Waals surface area contributed by atoms with Gasteiger partial charge in [0.25, 0.3) is 5.91 Å². The highest BCUT2D eigenvalue weighted by Gasteiger charge is 2.32. The first-order valence-corrected chi connectivity index (χ1v) is 11.1. The minimum absolute atomic E-state index is 0.00193. The van der Waals surface area contributed by atoms with Crippen LogP contribution in [0.25, 0.3) is 0 Å². The van der Waals surface area contributed by atoms with Crippen LogP contribution in [-0.4, -0.2) is 72.4 Å². The van der Waals surface area contributed by atoms with Crippen LogP contribution < -0.4 is 10.1 Å². The van der Waals surface area contributed by atoms with E-state index in [1.165, 1.54) is 0 Å². The zero-order chi connectivity index (χ0) is 22.8. The Bertz CT molecular complexity index is 1020. The number of para-hydroxylation sites is 1. The lowest BCUT2D eigenvalue weighted by Crippen LogP contribution is -2.38. The molecule has 0 radical (unpaired) electrons. The minimum Gasteiger partial charge on any atom is -0.496 e. The van der Waals surface area contributed by atoms with E-state index in [1.807, 2.05) is 50.2 Å². The van der Waals surface area contributed by atoms with Crippen molar-refractivity contribution in [2.45, 2.75) is 38.0 Å². The molecule has 0 aliphatic carbocycles. The lowest BCUT2D eigenvalue weighted by molar-refractivity contribution is -0.126. The number of rotatable bonds is 5. The molecular weight excluding hydrogens is 406 g/mol. The monoisotopic (exact) mass is 437 g/mol. The summed E-state index contributed by atoms with van der Waals surface area (Å²) in [7, 11) is 5.28. The molecule has 1 aromatic carbocycles. The molecule has 2 saturated heterocycles. The fourth-order valence-electron chi connectivity index (χ4n) is 4.67. The van der Waals surface area contributed by atoms with Crippen LogP contribution in [0.4, 0.5) is 5.82 Å². The van der Waals surface area contributed by atoms with Gasteiger partial charge in [-0.25, -0.2) is 9.97 Å². The van der Waals surface area contributed by atoms with Gasteiger partial charge in [-0.3, -0.25) is 9.59 Å². The van der Waals surface area contributed by atoms with E-state index in [0.717, 1.165) is 35.7 Å². The normalized spacial score (nSPS) is 19.4. The van der Waals surface area contributed by atoms with Gasteiger partial charge in [-0.1, -0.05) is 12.1 Å². The molecule has 170 valence electrons. The number of aryl methyl sites for hydroxylation is 1. The molecule has 2 aliphatic heterocycles. The van der Waals surface area contributed by atoms with Crippen molar-refractivity contribution in [1.29, 1.82) is 0 Å². The van der Waals surface area contributed by atoms with E-state index in [4.69, 9.17) is 14.7 Å². The van der Waals surface area contributed by atoms with Gasteiger partial charge in [0.1, 0.15) is 17.4 Å². The summed E-state index contributed by atoms with van der Waals surface area (Å²) in [5, 5.41) is 3.13. The van der Waals surface area contributed by atoms with Crippen LogP contribution in [0.2, 0.25) is 0 Å². The number of aromatic nitrogens is 2. The summed E-state index contributed by atoms with van der Waals surface area (Å²) in [6.07, 6.45) is 2.09. The molecule has 1 atom stereocenters. The van der Waals surface area contributed by atoms with Crippen LogP contribution in [0.5, 0.6) is 5.75 Å². The number of methoxy groups -OCH3 is 1. The summed E-state index contributed by atoms with van der Waals surface area (Å²) in [4.78, 5) is 38.4. The molecule has 1 aromatic heterocycles. The van der Waals surface area contributed by atoms with Crippen molar-refractivity contribution in [2.24, 2.45) is 0 Å². The molecule has 8 heteroatoms. The number of nitrogens with one attached hydrogen (secondary N) is 1. The van der Waals surface area contributed by atoms with Crippen molar-refractivity contribution >= 4 is 17.6 Å². The molecule has 3 heterocycles. The number of piperidine rings is 1. The third kappa shape index (κ3) is 4.26. The molecule has 32 heavy (non-hydrogen) atoms. The van der Waals surface area contributed by atoms with Crippen molar-refractivity contribution in [3.8, 4) is 5.75 Å². The number of carbonyl (C=O) groups is 2. The van der Waals surface area contributed by atoms with Gasteiger partial charge in [0, 0.05) is 58.1 Å². The molecule has 2 fully saturated rings. The smallest absolute Gasteiger partial charge is 0.257 e. The molecule has 1 unspecified atom stereocenters. The standard InChI is InChI=1S/C24H31N5O3/c1-15-6-5-7-18(22(15)32-4)24(31)29-10-8-16(9-11-29)23-26-19(13-20(25-2)27-23)17-12-21(30)28(3)14-17/h5-7,13,16-17H,8-12,14H2,1-4H3,(H,25,26,27). The van der Waals surface area contributed by atoms with Crippen molar-refractivity contribution < 1.29 is 14.3 Å². The number of benzene rings is 1. The molecular formula is C24H31N5O3. The number of likely N-dealkylation sites (N-methyl/N-ethyl adjacent to an activating group) is 1. The molecule has 2 amide bonds. The largest absolute Gasteiger partial charge is 0.496 e.